The molecular formula is C12H13NOS. The van der Waals surface area contributed by atoms with Crippen molar-refractivity contribution in [1.29, 1.82) is 0 Å². The van der Waals surface area contributed by atoms with Gasteiger partial charge in [-0.15, -0.1) is 12.6 Å². The molecule has 3 N–H and O–H groups in total. The smallest absolute Gasteiger partial charge is 0.117 e. The van der Waals surface area contributed by atoms with Crippen LogP contribution >= 0.6 is 12.6 Å². The van der Waals surface area contributed by atoms with Gasteiger partial charge in [0.1, 0.15) is 5.75 Å². The topological polar surface area (TPSA) is 46.2 Å². The first-order valence-corrected chi connectivity index (χ1v) is 4.92. The lowest BCUT2D eigenvalue weighted by Crippen LogP contribution is -1.80. The summed E-state index contributed by atoms with van der Waals surface area (Å²) in [6.07, 6.45) is 0. The molecule has 0 aromatic heterocycles. The van der Waals surface area contributed by atoms with Crippen LogP contribution in [0.3, 0.4) is 0 Å². The molecule has 0 aliphatic rings. The Bertz CT molecular complexity index is 386. The fraction of sp³-hybridized carbons (Fsp3) is 0. The largest absolute Gasteiger partial charge is 0.508 e. The monoisotopic (exact) mass is 219 g/mol. The van der Waals surface area contributed by atoms with Gasteiger partial charge in [0.15, 0.2) is 0 Å². The van der Waals surface area contributed by atoms with E-state index < -0.39 is 0 Å². The van der Waals surface area contributed by atoms with Gasteiger partial charge >= 0.3 is 0 Å². The predicted octanol–water partition coefficient (Wildman–Crippen LogP) is 2.95. The van der Waals surface area contributed by atoms with Crippen LogP contribution in [-0.4, -0.2) is 5.11 Å². The molecule has 0 aliphatic heterocycles. The maximum absolute atomic E-state index is 8.73. The minimum atomic E-state index is 0.213. The number of anilines is 1. The lowest BCUT2D eigenvalue weighted by Gasteiger charge is -1.90. The van der Waals surface area contributed by atoms with Gasteiger partial charge in [0.05, 0.1) is 0 Å². The molecule has 0 aliphatic carbocycles. The average Bonchev–Trinajstić information content (AvgIpc) is 2.19. The highest BCUT2D eigenvalue weighted by Crippen LogP contribution is 2.10. The first-order chi connectivity index (χ1) is 7.18. The van der Waals surface area contributed by atoms with E-state index in [1.54, 1.807) is 18.2 Å². The molecule has 0 amide bonds. The number of hydrogen-bond donors (Lipinski definition) is 3. The van der Waals surface area contributed by atoms with Gasteiger partial charge < -0.3 is 10.8 Å². The molecule has 78 valence electrons. The standard InChI is InChI=1S/C6H7NO.C6H6S/c7-5-2-1-3-6(8)4-5;7-6-4-2-1-3-5-6/h1-4,8H,7H2;1-5,7H. The summed E-state index contributed by atoms with van der Waals surface area (Å²) in [5, 5.41) is 8.73. The van der Waals surface area contributed by atoms with Gasteiger partial charge in [0.25, 0.3) is 0 Å². The third-order valence-electron chi connectivity index (χ3n) is 1.63. The van der Waals surface area contributed by atoms with E-state index in [1.165, 1.54) is 6.07 Å². The molecule has 2 nitrogen and oxygen atoms in total. The Kier molecular flexibility index (Phi) is 4.57. The van der Waals surface area contributed by atoms with Gasteiger partial charge in [0, 0.05) is 16.6 Å². The van der Waals surface area contributed by atoms with Crippen molar-refractivity contribution in [3.8, 4) is 5.75 Å². The molecule has 0 unspecified atom stereocenters. The van der Waals surface area contributed by atoms with Crippen molar-refractivity contribution in [2.24, 2.45) is 0 Å². The summed E-state index contributed by atoms with van der Waals surface area (Å²) in [4.78, 5) is 1.02. The quantitative estimate of drug-likeness (QED) is 0.471. The van der Waals surface area contributed by atoms with Crippen LogP contribution < -0.4 is 5.73 Å². The van der Waals surface area contributed by atoms with Crippen LogP contribution in [0.25, 0.3) is 0 Å². The van der Waals surface area contributed by atoms with Crippen LogP contribution in [0, 0.1) is 0 Å². The van der Waals surface area contributed by atoms with Crippen LogP contribution in [0.15, 0.2) is 59.5 Å². The number of thiol groups is 1. The molecule has 2 aromatic rings. The van der Waals surface area contributed by atoms with Crippen molar-refractivity contribution in [1.82, 2.24) is 0 Å². The van der Waals surface area contributed by atoms with E-state index >= 15 is 0 Å². The molecule has 0 spiro atoms. The molecule has 0 fully saturated rings. The van der Waals surface area contributed by atoms with Crippen molar-refractivity contribution >= 4 is 18.3 Å². The number of phenolic OH excluding ortho intramolecular Hbond substituents is 1. The Morgan fingerprint density at radius 2 is 1.60 bits per heavy atom. The number of nitrogens with two attached hydrogens (primary N) is 1. The molecule has 15 heavy (non-hydrogen) atoms. The van der Waals surface area contributed by atoms with Crippen molar-refractivity contribution in [2.45, 2.75) is 4.90 Å². The van der Waals surface area contributed by atoms with E-state index in [2.05, 4.69) is 12.6 Å². The minimum absolute atomic E-state index is 0.213. The van der Waals surface area contributed by atoms with Crippen LogP contribution in [0.4, 0.5) is 5.69 Å². The predicted molar refractivity (Wildman–Crippen MR) is 66.2 cm³/mol. The van der Waals surface area contributed by atoms with E-state index in [1.807, 2.05) is 30.3 Å². The highest BCUT2D eigenvalue weighted by molar-refractivity contribution is 7.80. The first kappa shape index (κ1) is 11.5. The fourth-order valence-corrected chi connectivity index (χ4v) is 1.12. The van der Waals surface area contributed by atoms with E-state index in [9.17, 15) is 0 Å². The maximum atomic E-state index is 8.73. The zero-order valence-corrected chi connectivity index (χ0v) is 9.06. The highest BCUT2D eigenvalue weighted by Gasteiger charge is 1.83. The van der Waals surface area contributed by atoms with Crippen LogP contribution in [-0.2, 0) is 0 Å². The maximum Gasteiger partial charge on any atom is 0.117 e. The van der Waals surface area contributed by atoms with Gasteiger partial charge in [0.2, 0.25) is 0 Å². The number of phenols is 1. The van der Waals surface area contributed by atoms with Gasteiger partial charge in [-0.25, -0.2) is 0 Å². The van der Waals surface area contributed by atoms with Gasteiger partial charge in [-0.05, 0) is 24.3 Å². The third-order valence-corrected chi connectivity index (χ3v) is 1.92. The molecule has 0 heterocycles. The Hall–Kier alpha value is -1.61. The van der Waals surface area contributed by atoms with E-state index in [4.69, 9.17) is 10.8 Å². The second-order valence-corrected chi connectivity index (χ2v) is 3.45. The zero-order valence-electron chi connectivity index (χ0n) is 8.17. The Morgan fingerprint density at radius 3 is 1.93 bits per heavy atom. The Labute approximate surface area is 94.8 Å². The molecule has 0 bridgehead atoms. The molecule has 2 rings (SSSR count). The average molecular weight is 219 g/mol. The SMILES string of the molecule is Nc1cccc(O)c1.Sc1ccccc1. The van der Waals surface area contributed by atoms with E-state index in [0.717, 1.165) is 4.90 Å². The molecule has 3 heteroatoms. The summed E-state index contributed by atoms with van der Waals surface area (Å²) in [7, 11) is 0. The van der Waals surface area contributed by atoms with Gasteiger partial charge in [-0.2, -0.15) is 0 Å². The molecule has 2 aromatic carbocycles. The van der Waals surface area contributed by atoms with E-state index in [0.29, 0.717) is 5.69 Å². The Morgan fingerprint density at radius 1 is 0.933 bits per heavy atom. The summed E-state index contributed by atoms with van der Waals surface area (Å²) in [5.41, 5.74) is 5.89. The summed E-state index contributed by atoms with van der Waals surface area (Å²) in [6, 6.07) is 16.3. The van der Waals surface area contributed by atoms with Crippen molar-refractivity contribution in [2.75, 3.05) is 5.73 Å². The number of hydrogen-bond acceptors (Lipinski definition) is 3. The lowest BCUT2D eigenvalue weighted by molar-refractivity contribution is 0.475. The van der Waals surface area contributed by atoms with Crippen molar-refractivity contribution in [3.63, 3.8) is 0 Å². The number of benzene rings is 2. The Balaban J connectivity index is 0.000000151. The normalized spacial score (nSPS) is 8.87. The molecule has 0 saturated carbocycles. The molecule has 0 atom stereocenters. The van der Waals surface area contributed by atoms with Crippen LogP contribution in [0.2, 0.25) is 0 Å². The molecular weight excluding hydrogens is 206 g/mol. The van der Waals surface area contributed by atoms with Crippen molar-refractivity contribution < 1.29 is 5.11 Å². The second-order valence-electron chi connectivity index (χ2n) is 2.93. The molecule has 0 radical (unpaired) electrons. The van der Waals surface area contributed by atoms with Gasteiger partial charge in [-0.1, -0.05) is 24.3 Å². The third kappa shape index (κ3) is 4.98. The van der Waals surface area contributed by atoms with Gasteiger partial charge in [-0.3, -0.25) is 0 Å². The number of aromatic hydroxyl groups is 1. The minimum Gasteiger partial charge on any atom is -0.508 e. The first-order valence-electron chi connectivity index (χ1n) is 4.47. The second kappa shape index (κ2) is 5.98. The van der Waals surface area contributed by atoms with Crippen LogP contribution in [0.1, 0.15) is 0 Å². The summed E-state index contributed by atoms with van der Waals surface area (Å²) < 4.78 is 0. The number of nitrogen functional groups attached to an aromatic ring is 1. The number of rotatable bonds is 0. The summed E-state index contributed by atoms with van der Waals surface area (Å²) in [5.74, 6) is 0.213. The summed E-state index contributed by atoms with van der Waals surface area (Å²) in [6.45, 7) is 0. The van der Waals surface area contributed by atoms with E-state index in [-0.39, 0.29) is 5.75 Å². The highest BCUT2D eigenvalue weighted by atomic mass is 32.1. The van der Waals surface area contributed by atoms with Crippen molar-refractivity contribution in [3.05, 3.63) is 54.6 Å². The molecule has 0 saturated heterocycles. The summed E-state index contributed by atoms with van der Waals surface area (Å²) >= 11 is 4.08. The zero-order chi connectivity index (χ0) is 11.1. The lowest BCUT2D eigenvalue weighted by atomic mass is 10.3. The van der Waals surface area contributed by atoms with Crippen LogP contribution in [0.5, 0.6) is 5.75 Å². The fourth-order valence-electron chi connectivity index (χ4n) is 0.953.